The lowest BCUT2D eigenvalue weighted by Crippen LogP contribution is -2.10. The summed E-state index contributed by atoms with van der Waals surface area (Å²) in [6, 6.07) is 10.2. The molecule has 11 heteroatoms. The molecule has 0 spiro atoms. The van der Waals surface area contributed by atoms with Gasteiger partial charge in [-0.2, -0.15) is 13.2 Å². The first-order valence-corrected chi connectivity index (χ1v) is 12.5. The highest BCUT2D eigenvalue weighted by molar-refractivity contribution is 7.91. The Morgan fingerprint density at radius 1 is 1.11 bits per heavy atom. The zero-order valence-corrected chi connectivity index (χ0v) is 20.6. The van der Waals surface area contributed by atoms with Gasteiger partial charge in [-0.1, -0.05) is 30.7 Å². The first kappa shape index (κ1) is 26.5. The highest BCUT2D eigenvalue weighted by atomic mass is 35.5. The van der Waals surface area contributed by atoms with Gasteiger partial charge in [0.15, 0.2) is 9.84 Å². The van der Waals surface area contributed by atoms with Gasteiger partial charge in [0, 0.05) is 11.9 Å². The number of alkyl halides is 3. The van der Waals surface area contributed by atoms with Crippen molar-refractivity contribution in [2.24, 2.45) is 0 Å². The smallest absolute Gasteiger partial charge is 0.417 e. The van der Waals surface area contributed by atoms with E-state index < -0.39 is 27.5 Å². The van der Waals surface area contributed by atoms with Crippen LogP contribution in [0.15, 0.2) is 53.6 Å². The van der Waals surface area contributed by atoms with Gasteiger partial charge in [-0.05, 0) is 60.9 Å². The van der Waals surface area contributed by atoms with Crippen molar-refractivity contribution in [2.75, 3.05) is 17.7 Å². The molecule has 1 aromatic heterocycles. The fraction of sp³-hybridized carbons (Fsp3) is 0.250. The number of carbonyl (C=O) groups excluding carboxylic acids is 1. The molecule has 0 saturated heterocycles. The summed E-state index contributed by atoms with van der Waals surface area (Å²) in [4.78, 5) is 16.6. The van der Waals surface area contributed by atoms with Crippen molar-refractivity contribution >= 4 is 38.9 Å². The zero-order valence-electron chi connectivity index (χ0n) is 19.0. The number of nitrogens with zero attached hydrogens (tertiary/aromatic N) is 1. The Balaban J connectivity index is 2.14. The van der Waals surface area contributed by atoms with Crippen molar-refractivity contribution in [3.8, 4) is 11.1 Å². The average Bonchev–Trinajstić information content (AvgIpc) is 2.81. The van der Waals surface area contributed by atoms with Gasteiger partial charge in [0.25, 0.3) is 0 Å². The molecule has 6 nitrogen and oxygen atoms in total. The summed E-state index contributed by atoms with van der Waals surface area (Å²) in [6.07, 6.45) is -3.95. The van der Waals surface area contributed by atoms with Gasteiger partial charge in [0.05, 0.1) is 33.4 Å². The molecule has 3 rings (SSSR count). The van der Waals surface area contributed by atoms with E-state index in [9.17, 15) is 26.4 Å². The number of pyridine rings is 1. The Bertz CT molecular complexity index is 1380. The minimum absolute atomic E-state index is 0.0444. The lowest BCUT2D eigenvalue weighted by atomic mass is 9.97. The Kier molecular flexibility index (Phi) is 7.76. The number of ether oxygens (including phenoxy) is 1. The maximum absolute atomic E-state index is 13.0. The maximum atomic E-state index is 13.0. The third-order valence-corrected chi connectivity index (χ3v) is 7.25. The topological polar surface area (TPSA) is 85.4 Å². The second-order valence-electron chi connectivity index (χ2n) is 7.53. The Morgan fingerprint density at radius 3 is 2.43 bits per heavy atom. The number of sulfone groups is 1. The highest BCUT2D eigenvalue weighted by Crippen LogP contribution is 2.36. The normalized spacial score (nSPS) is 11.9. The molecule has 0 aliphatic heterocycles. The monoisotopic (exact) mass is 526 g/mol. The quantitative estimate of drug-likeness (QED) is 0.356. The molecule has 0 radical (unpaired) electrons. The van der Waals surface area contributed by atoms with E-state index in [1.807, 2.05) is 0 Å². The summed E-state index contributed by atoms with van der Waals surface area (Å²) in [5, 5.41) is 2.62. The van der Waals surface area contributed by atoms with E-state index in [1.54, 1.807) is 38.1 Å². The molecule has 1 N–H and O–H groups in total. The molecule has 0 aliphatic rings. The van der Waals surface area contributed by atoms with Gasteiger partial charge in [-0.25, -0.2) is 18.2 Å². The largest absolute Gasteiger partial charge is 0.462 e. The molecule has 1 heterocycles. The molecule has 35 heavy (non-hydrogen) atoms. The minimum Gasteiger partial charge on any atom is -0.462 e. The molecule has 0 aliphatic carbocycles. The van der Waals surface area contributed by atoms with E-state index in [0.29, 0.717) is 28.6 Å². The number of rotatable bonds is 7. The maximum Gasteiger partial charge on any atom is 0.417 e. The first-order valence-electron chi connectivity index (χ1n) is 10.5. The Hall–Kier alpha value is -3.11. The van der Waals surface area contributed by atoms with Crippen LogP contribution in [-0.2, 0) is 20.8 Å². The lowest BCUT2D eigenvalue weighted by Gasteiger charge is -2.17. The molecule has 3 aromatic rings. The fourth-order valence-corrected chi connectivity index (χ4v) is 4.42. The summed E-state index contributed by atoms with van der Waals surface area (Å²) in [5.74, 6) is -0.737. The molecule has 0 unspecified atom stereocenters. The lowest BCUT2D eigenvalue weighted by molar-refractivity contribution is -0.137. The number of anilines is 2. The van der Waals surface area contributed by atoms with Crippen LogP contribution in [0.3, 0.4) is 0 Å². The van der Waals surface area contributed by atoms with Crippen molar-refractivity contribution in [1.29, 1.82) is 0 Å². The van der Waals surface area contributed by atoms with Gasteiger partial charge < -0.3 is 10.1 Å². The van der Waals surface area contributed by atoms with Crippen LogP contribution < -0.4 is 5.32 Å². The molecular formula is C24H22ClF3N2O4S. The molecule has 186 valence electrons. The fourth-order valence-electron chi connectivity index (χ4n) is 3.28. The van der Waals surface area contributed by atoms with Crippen molar-refractivity contribution < 1.29 is 31.1 Å². The predicted octanol–water partition coefficient (Wildman–Crippen LogP) is 6.44. The SMILES string of the molecule is CCOC(=O)c1cc(-c2cccc(S(=O)(=O)CC)c2)cc(Nc2ncc(C(F)(F)F)cc2Cl)c1C. The van der Waals surface area contributed by atoms with Crippen LogP contribution in [0, 0.1) is 6.92 Å². The molecule has 2 aromatic carbocycles. The number of benzene rings is 2. The van der Waals surface area contributed by atoms with E-state index in [4.69, 9.17) is 16.3 Å². The molecule has 0 fully saturated rings. The second kappa shape index (κ2) is 10.2. The van der Waals surface area contributed by atoms with Crippen LogP contribution in [0.2, 0.25) is 5.02 Å². The summed E-state index contributed by atoms with van der Waals surface area (Å²) in [7, 11) is -3.48. The van der Waals surface area contributed by atoms with Crippen LogP contribution in [0.25, 0.3) is 11.1 Å². The predicted molar refractivity (Wildman–Crippen MR) is 128 cm³/mol. The van der Waals surface area contributed by atoms with E-state index in [-0.39, 0.29) is 33.7 Å². The number of hydrogen-bond acceptors (Lipinski definition) is 6. The van der Waals surface area contributed by atoms with E-state index in [1.165, 1.54) is 19.1 Å². The second-order valence-corrected chi connectivity index (χ2v) is 10.2. The Labute approximate surface area is 206 Å². The zero-order chi connectivity index (χ0) is 26.0. The third kappa shape index (κ3) is 5.94. The molecule has 0 atom stereocenters. The first-order chi connectivity index (χ1) is 16.4. The van der Waals surface area contributed by atoms with Gasteiger partial charge in [-0.15, -0.1) is 0 Å². The summed E-state index contributed by atoms with van der Waals surface area (Å²) in [5.41, 5.74) is 0.973. The van der Waals surface area contributed by atoms with Crippen molar-refractivity contribution in [2.45, 2.75) is 31.8 Å². The van der Waals surface area contributed by atoms with Gasteiger partial charge in [0.1, 0.15) is 5.82 Å². The van der Waals surface area contributed by atoms with Crippen LogP contribution in [0.4, 0.5) is 24.7 Å². The number of esters is 1. The molecular weight excluding hydrogens is 505 g/mol. The Morgan fingerprint density at radius 2 is 1.83 bits per heavy atom. The van der Waals surface area contributed by atoms with E-state index in [2.05, 4.69) is 10.3 Å². The molecule has 0 bridgehead atoms. The molecule has 0 saturated carbocycles. The number of aromatic nitrogens is 1. The van der Waals surface area contributed by atoms with Gasteiger partial charge >= 0.3 is 12.1 Å². The van der Waals surface area contributed by atoms with Crippen molar-refractivity contribution in [3.05, 3.63) is 70.4 Å². The highest BCUT2D eigenvalue weighted by Gasteiger charge is 2.31. The van der Waals surface area contributed by atoms with Gasteiger partial charge in [-0.3, -0.25) is 0 Å². The summed E-state index contributed by atoms with van der Waals surface area (Å²) in [6.45, 7) is 4.95. The number of hydrogen-bond donors (Lipinski definition) is 1. The molecule has 0 amide bonds. The summed E-state index contributed by atoms with van der Waals surface area (Å²) < 4.78 is 68.8. The minimum atomic E-state index is -4.61. The van der Waals surface area contributed by atoms with E-state index >= 15 is 0 Å². The third-order valence-electron chi connectivity index (χ3n) is 5.23. The number of carbonyl (C=O) groups is 1. The standard InChI is InChI=1S/C24H22ClF3N2O4S/c1-4-34-23(31)19-10-16(15-7-6-8-18(9-15)35(32,33)5-2)11-21(14(19)3)30-22-20(25)12-17(13-29-22)24(26,27)28/h6-13H,4-5H2,1-3H3,(H,29,30). The van der Waals surface area contributed by atoms with Crippen LogP contribution >= 0.6 is 11.6 Å². The van der Waals surface area contributed by atoms with E-state index in [0.717, 1.165) is 6.07 Å². The number of nitrogens with one attached hydrogen (secondary N) is 1. The van der Waals surface area contributed by atoms with Crippen molar-refractivity contribution in [1.82, 2.24) is 4.98 Å². The van der Waals surface area contributed by atoms with Gasteiger partial charge in [0.2, 0.25) is 0 Å². The van der Waals surface area contributed by atoms with Crippen LogP contribution in [0.1, 0.15) is 35.3 Å². The van der Waals surface area contributed by atoms with Crippen LogP contribution in [0.5, 0.6) is 0 Å². The van der Waals surface area contributed by atoms with Crippen LogP contribution in [-0.4, -0.2) is 31.7 Å². The number of halogens is 4. The summed E-state index contributed by atoms with van der Waals surface area (Å²) >= 11 is 6.05. The average molecular weight is 527 g/mol. The van der Waals surface area contributed by atoms with Crippen molar-refractivity contribution in [3.63, 3.8) is 0 Å².